The normalized spacial score (nSPS) is 11.2. The third kappa shape index (κ3) is 4.84. The van der Waals surface area contributed by atoms with E-state index in [1.54, 1.807) is 45.2 Å². The van der Waals surface area contributed by atoms with Gasteiger partial charge >= 0.3 is 0 Å². The molecule has 0 atom stereocenters. The van der Waals surface area contributed by atoms with E-state index >= 15 is 0 Å². The number of aromatic nitrogens is 1. The van der Waals surface area contributed by atoms with Crippen LogP contribution in [-0.4, -0.2) is 23.6 Å². The highest BCUT2D eigenvalue weighted by Crippen LogP contribution is 2.32. The summed E-state index contributed by atoms with van der Waals surface area (Å²) in [4.78, 5) is 17.2. The molecular weight excluding hydrogens is 464 g/mol. The number of nitrogens with one attached hydrogen (secondary N) is 1. The van der Waals surface area contributed by atoms with E-state index in [0.717, 1.165) is 21.5 Å². The van der Waals surface area contributed by atoms with E-state index in [9.17, 15) is 4.79 Å². The monoisotopic (exact) mass is 480 g/mol. The molecule has 1 amide bonds. The van der Waals surface area contributed by atoms with Gasteiger partial charge in [0, 0.05) is 16.0 Å². The molecule has 5 nitrogen and oxygen atoms in total. The molecule has 2 aromatic carbocycles. The van der Waals surface area contributed by atoms with E-state index in [1.165, 1.54) is 11.3 Å². The van der Waals surface area contributed by atoms with Crippen molar-refractivity contribution in [2.45, 2.75) is 19.4 Å². The van der Waals surface area contributed by atoms with Crippen LogP contribution in [0.15, 0.2) is 52.3 Å². The molecule has 0 bridgehead atoms. The first-order valence-corrected chi connectivity index (χ1v) is 10.4. The van der Waals surface area contributed by atoms with Gasteiger partial charge in [-0.1, -0.05) is 11.6 Å². The van der Waals surface area contributed by atoms with Crippen molar-refractivity contribution >= 4 is 49.9 Å². The molecule has 0 saturated heterocycles. The molecule has 0 aliphatic carbocycles. The number of benzene rings is 2. The van der Waals surface area contributed by atoms with Gasteiger partial charge in [0.15, 0.2) is 10.7 Å². The zero-order valence-corrected chi connectivity index (χ0v) is 18.6. The van der Waals surface area contributed by atoms with E-state index in [4.69, 9.17) is 21.1 Å². The quantitative estimate of drug-likeness (QED) is 0.467. The summed E-state index contributed by atoms with van der Waals surface area (Å²) in [5.41, 5.74) is 0.601. The average molecular weight is 482 g/mol. The zero-order valence-electron chi connectivity index (χ0n) is 15.5. The second-order valence-electron chi connectivity index (χ2n) is 6.41. The van der Waals surface area contributed by atoms with Crippen molar-refractivity contribution in [1.82, 2.24) is 4.98 Å². The van der Waals surface area contributed by atoms with Crippen LogP contribution >= 0.6 is 38.9 Å². The van der Waals surface area contributed by atoms with Crippen molar-refractivity contribution in [1.29, 1.82) is 0 Å². The largest absolute Gasteiger partial charge is 0.496 e. The lowest BCUT2D eigenvalue weighted by Crippen LogP contribution is -2.42. The molecular formula is C20H18BrClN2O3S. The number of anilines is 1. The Balaban J connectivity index is 1.70. The summed E-state index contributed by atoms with van der Waals surface area (Å²) >= 11 is 10.7. The summed E-state index contributed by atoms with van der Waals surface area (Å²) in [5.74, 6) is 1.01. The average Bonchev–Trinajstić information content (AvgIpc) is 3.12. The van der Waals surface area contributed by atoms with Gasteiger partial charge in [0.1, 0.15) is 11.5 Å². The third-order valence-corrected chi connectivity index (χ3v) is 5.54. The number of thiazole rings is 1. The highest BCUT2D eigenvalue weighted by molar-refractivity contribution is 9.10. The highest BCUT2D eigenvalue weighted by Gasteiger charge is 2.30. The minimum Gasteiger partial charge on any atom is -0.496 e. The first kappa shape index (κ1) is 20.6. The van der Waals surface area contributed by atoms with Gasteiger partial charge in [0.2, 0.25) is 0 Å². The summed E-state index contributed by atoms with van der Waals surface area (Å²) in [6.45, 7) is 3.40. The Labute approximate surface area is 180 Å². The lowest BCUT2D eigenvalue weighted by atomic mass is 10.1. The lowest BCUT2D eigenvalue weighted by Gasteiger charge is -2.24. The van der Waals surface area contributed by atoms with E-state index in [-0.39, 0.29) is 5.91 Å². The molecule has 0 spiro atoms. The maximum atomic E-state index is 12.7. The SMILES string of the molecule is COc1ccc(-c2csc(NC(=O)C(C)(C)Oc3ccc(Cl)cc3)n2)cc1Br. The zero-order chi connectivity index (χ0) is 20.3. The molecule has 3 aromatic rings. The first-order valence-electron chi connectivity index (χ1n) is 8.34. The van der Waals surface area contributed by atoms with Gasteiger partial charge in [-0.25, -0.2) is 4.98 Å². The molecule has 0 unspecified atom stereocenters. The summed E-state index contributed by atoms with van der Waals surface area (Å²) in [7, 11) is 1.62. The van der Waals surface area contributed by atoms with Crippen molar-refractivity contribution in [3.8, 4) is 22.8 Å². The van der Waals surface area contributed by atoms with Gasteiger partial charge in [-0.3, -0.25) is 10.1 Å². The topological polar surface area (TPSA) is 60.5 Å². The number of methoxy groups -OCH3 is 1. The molecule has 0 fully saturated rings. The second-order valence-corrected chi connectivity index (χ2v) is 8.56. The van der Waals surface area contributed by atoms with E-state index < -0.39 is 5.60 Å². The van der Waals surface area contributed by atoms with Crippen LogP contribution in [0.4, 0.5) is 5.13 Å². The van der Waals surface area contributed by atoms with Crippen LogP contribution < -0.4 is 14.8 Å². The summed E-state index contributed by atoms with van der Waals surface area (Å²) in [6, 6.07) is 12.6. The van der Waals surface area contributed by atoms with E-state index in [1.807, 2.05) is 23.6 Å². The van der Waals surface area contributed by atoms with E-state index in [2.05, 4.69) is 26.2 Å². The molecule has 0 saturated carbocycles. The molecule has 8 heteroatoms. The smallest absolute Gasteiger partial charge is 0.269 e. The highest BCUT2D eigenvalue weighted by atomic mass is 79.9. The fraction of sp³-hybridized carbons (Fsp3) is 0.200. The number of carbonyl (C=O) groups excluding carboxylic acids is 1. The maximum Gasteiger partial charge on any atom is 0.269 e. The van der Waals surface area contributed by atoms with Gasteiger partial charge in [0.25, 0.3) is 5.91 Å². The van der Waals surface area contributed by atoms with Gasteiger partial charge in [-0.15, -0.1) is 11.3 Å². The maximum absolute atomic E-state index is 12.7. The van der Waals surface area contributed by atoms with Crippen molar-refractivity contribution < 1.29 is 14.3 Å². The summed E-state index contributed by atoms with van der Waals surface area (Å²) in [6.07, 6.45) is 0. The molecule has 0 aliphatic rings. The number of amides is 1. The number of halogens is 2. The molecule has 28 heavy (non-hydrogen) atoms. The number of ether oxygens (including phenoxy) is 2. The van der Waals surface area contributed by atoms with Crippen LogP contribution in [0, 0.1) is 0 Å². The predicted octanol–water partition coefficient (Wildman–Crippen LogP) is 6.03. The van der Waals surface area contributed by atoms with Crippen LogP contribution in [0.25, 0.3) is 11.3 Å². The van der Waals surface area contributed by atoms with Crippen LogP contribution in [-0.2, 0) is 4.79 Å². The Morgan fingerprint density at radius 3 is 2.57 bits per heavy atom. The fourth-order valence-electron chi connectivity index (χ4n) is 2.38. The number of carbonyl (C=O) groups is 1. The van der Waals surface area contributed by atoms with Crippen molar-refractivity contribution in [3.63, 3.8) is 0 Å². The molecule has 1 aromatic heterocycles. The molecule has 0 radical (unpaired) electrons. The fourth-order valence-corrected chi connectivity index (χ4v) is 3.76. The number of rotatable bonds is 6. The Kier molecular flexibility index (Phi) is 6.27. The number of hydrogen-bond donors (Lipinski definition) is 1. The predicted molar refractivity (Wildman–Crippen MR) is 117 cm³/mol. The number of hydrogen-bond acceptors (Lipinski definition) is 5. The second kappa shape index (κ2) is 8.51. The Morgan fingerprint density at radius 2 is 1.93 bits per heavy atom. The lowest BCUT2D eigenvalue weighted by molar-refractivity contribution is -0.128. The Bertz CT molecular complexity index is 989. The molecule has 3 rings (SSSR count). The van der Waals surface area contributed by atoms with Crippen molar-refractivity contribution in [2.75, 3.05) is 12.4 Å². The van der Waals surface area contributed by atoms with Crippen molar-refractivity contribution in [2.24, 2.45) is 0 Å². The van der Waals surface area contributed by atoms with Crippen LogP contribution in [0.2, 0.25) is 5.02 Å². The van der Waals surface area contributed by atoms with Crippen molar-refractivity contribution in [3.05, 3.63) is 57.3 Å². The summed E-state index contributed by atoms with van der Waals surface area (Å²) in [5, 5.41) is 5.81. The van der Waals surface area contributed by atoms with Gasteiger partial charge < -0.3 is 9.47 Å². The summed E-state index contributed by atoms with van der Waals surface area (Å²) < 4.78 is 11.9. The molecule has 1 heterocycles. The van der Waals surface area contributed by atoms with Crippen LogP contribution in [0.5, 0.6) is 11.5 Å². The molecule has 146 valence electrons. The Hall–Kier alpha value is -2.09. The molecule has 0 aliphatic heterocycles. The van der Waals surface area contributed by atoms with Gasteiger partial charge in [0.05, 0.1) is 17.3 Å². The van der Waals surface area contributed by atoms with Crippen LogP contribution in [0.1, 0.15) is 13.8 Å². The standard InChI is InChI=1S/C20H18BrClN2O3S/c1-20(2,27-14-7-5-13(22)6-8-14)18(25)24-19-23-16(11-28-19)12-4-9-17(26-3)15(21)10-12/h4-11H,1-3H3,(H,23,24,25). The Morgan fingerprint density at radius 1 is 1.21 bits per heavy atom. The first-order chi connectivity index (χ1) is 13.3. The minimum absolute atomic E-state index is 0.292. The number of nitrogens with zero attached hydrogens (tertiary/aromatic N) is 1. The molecule has 1 N–H and O–H groups in total. The van der Waals surface area contributed by atoms with Crippen LogP contribution in [0.3, 0.4) is 0 Å². The minimum atomic E-state index is -1.08. The third-order valence-electron chi connectivity index (χ3n) is 3.91. The van der Waals surface area contributed by atoms with Gasteiger partial charge in [-0.2, -0.15) is 0 Å². The van der Waals surface area contributed by atoms with E-state index in [0.29, 0.717) is 15.9 Å². The van der Waals surface area contributed by atoms with Gasteiger partial charge in [-0.05, 0) is 72.2 Å².